The van der Waals surface area contributed by atoms with E-state index >= 15 is 0 Å². The van der Waals surface area contributed by atoms with Gasteiger partial charge in [0.05, 0.1) is 34.2 Å². The number of carbonyl (C=O) groups excluding carboxylic acids is 1. The van der Waals surface area contributed by atoms with Crippen LogP contribution in [-0.2, 0) is 11.8 Å². The zero-order chi connectivity index (χ0) is 14.5. The molecule has 1 heterocycles. The van der Waals surface area contributed by atoms with Crippen molar-refractivity contribution >= 4 is 11.6 Å². The minimum absolute atomic E-state index is 0. The average molecular weight is 520 g/mol. The Labute approximate surface area is 159 Å². The van der Waals surface area contributed by atoms with Crippen LogP contribution in [0.2, 0.25) is 0 Å². The average Bonchev–Trinajstić information content (AvgIpc) is 2.31. The van der Waals surface area contributed by atoms with E-state index in [1.165, 1.54) is 0 Å². The van der Waals surface area contributed by atoms with Crippen LogP contribution in [0.1, 0.15) is 5.69 Å². The van der Waals surface area contributed by atoms with E-state index in [1.54, 1.807) is 29.9 Å². The van der Waals surface area contributed by atoms with E-state index < -0.39 is 0 Å². The molecule has 6 nitrogen and oxygen atoms in total. The molecule has 2 N–H and O–H groups in total. The maximum Gasteiger partial charge on any atom is 0.280 e. The number of likely N-dealkylation sites (N-methyl/N-ethyl adjacent to an activating group) is 1. The van der Waals surface area contributed by atoms with Gasteiger partial charge in [-0.3, -0.25) is 4.79 Å². The van der Waals surface area contributed by atoms with Crippen molar-refractivity contribution in [3.05, 3.63) is 30.1 Å². The number of nitrogens with zero attached hydrogens (tertiary/aromatic N) is 3. The van der Waals surface area contributed by atoms with Gasteiger partial charge in [0.25, 0.3) is 5.91 Å². The zero-order valence-corrected chi connectivity index (χ0v) is 17.0. The number of halogens is 2. The molecule has 0 bridgehead atoms. The van der Waals surface area contributed by atoms with Gasteiger partial charge in [0.15, 0.2) is 6.20 Å². The molecule has 0 aromatic carbocycles. The zero-order valence-electron chi connectivity index (χ0n) is 12.7. The molecule has 0 atom stereocenters. The Balaban J connectivity index is 0. The summed E-state index contributed by atoms with van der Waals surface area (Å²) in [6, 6.07) is 5.36. The lowest BCUT2D eigenvalue weighted by molar-refractivity contribution is -0.869. The second kappa shape index (κ2) is 10.3. The Bertz CT molecular complexity index is 487. The minimum Gasteiger partial charge on any atom is -1.00 e. The lowest BCUT2D eigenvalue weighted by atomic mass is 10.2. The van der Waals surface area contributed by atoms with Crippen molar-refractivity contribution in [2.75, 3.05) is 34.2 Å². The Morgan fingerprint density at radius 1 is 1.33 bits per heavy atom. The first kappa shape index (κ1) is 22.8. The lowest BCUT2D eigenvalue weighted by Gasteiger charge is -2.23. The van der Waals surface area contributed by atoms with Crippen molar-refractivity contribution < 1.29 is 67.0 Å². The van der Waals surface area contributed by atoms with Gasteiger partial charge in [0.2, 0.25) is 11.4 Å². The Morgan fingerprint density at radius 3 is 2.43 bits per heavy atom. The standard InChI is InChI=1S/C13H20N4O2.2HI/c1-16-9-6-5-7-11(16)12(15-19)13(18)14-8-10-17(2,3)4;;/h5-7,9H,8,10H2,1-4H3;2*1H. The molecule has 0 aliphatic carbocycles. The first-order valence-corrected chi connectivity index (χ1v) is 6.11. The molecule has 0 saturated heterocycles. The summed E-state index contributed by atoms with van der Waals surface area (Å²) in [4.78, 5) is 12.0. The smallest absolute Gasteiger partial charge is 0.280 e. The molecule has 1 aromatic heterocycles. The highest BCUT2D eigenvalue weighted by molar-refractivity contribution is 6.44. The summed E-state index contributed by atoms with van der Waals surface area (Å²) in [6.45, 7) is 1.32. The summed E-state index contributed by atoms with van der Waals surface area (Å²) in [5.74, 6) is -0.377. The molecule has 0 unspecified atom stereocenters. The van der Waals surface area contributed by atoms with Gasteiger partial charge in [-0.15, -0.1) is 0 Å². The third-order valence-corrected chi connectivity index (χ3v) is 2.68. The molecule has 0 aliphatic rings. The Hall–Kier alpha value is -0.490. The van der Waals surface area contributed by atoms with Gasteiger partial charge in [0.1, 0.15) is 7.05 Å². The largest absolute Gasteiger partial charge is 1.00 e. The maximum absolute atomic E-state index is 12.0. The molecular formula is C13H22I2N4O2. The van der Waals surface area contributed by atoms with Crippen LogP contribution < -0.4 is 57.8 Å². The van der Waals surface area contributed by atoms with Crippen LogP contribution in [0.25, 0.3) is 0 Å². The quantitative estimate of drug-likeness (QED) is 0.101. The van der Waals surface area contributed by atoms with Crippen LogP contribution in [-0.4, -0.2) is 55.5 Å². The highest BCUT2D eigenvalue weighted by Gasteiger charge is 2.22. The van der Waals surface area contributed by atoms with Gasteiger partial charge < -0.3 is 63.0 Å². The fourth-order valence-electron chi connectivity index (χ4n) is 1.57. The molecule has 0 saturated carbocycles. The number of carbonyl (C=O) groups is 1. The first-order chi connectivity index (χ1) is 8.85. The second-order valence-electron chi connectivity index (χ2n) is 5.42. The van der Waals surface area contributed by atoms with Crippen LogP contribution in [0, 0.1) is 0 Å². The van der Waals surface area contributed by atoms with Crippen LogP contribution in [0.3, 0.4) is 0 Å². The van der Waals surface area contributed by atoms with E-state index in [1.807, 2.05) is 27.2 Å². The van der Waals surface area contributed by atoms with Gasteiger partial charge in [-0.2, -0.15) is 4.57 Å². The van der Waals surface area contributed by atoms with Crippen LogP contribution in [0.5, 0.6) is 0 Å². The number of amides is 1. The molecule has 1 rings (SSSR count). The van der Waals surface area contributed by atoms with Gasteiger partial charge in [-0.05, 0) is 6.07 Å². The van der Waals surface area contributed by atoms with Crippen molar-refractivity contribution in [3.8, 4) is 0 Å². The van der Waals surface area contributed by atoms with Crippen LogP contribution >= 0.6 is 0 Å². The molecule has 1 aromatic rings. The molecular weight excluding hydrogens is 498 g/mol. The SMILES string of the molecule is C[n+]1ccccc1/C(=N/O)C(=O)NCC[N+](C)(C)C.[I-].[I-]. The van der Waals surface area contributed by atoms with Crippen molar-refractivity contribution in [2.45, 2.75) is 0 Å². The predicted octanol–water partition coefficient (Wildman–Crippen LogP) is -6.48. The summed E-state index contributed by atoms with van der Waals surface area (Å²) < 4.78 is 2.49. The first-order valence-electron chi connectivity index (χ1n) is 6.11. The maximum atomic E-state index is 12.0. The molecule has 8 heteroatoms. The topological polar surface area (TPSA) is 65.6 Å². The number of hydrogen-bond acceptors (Lipinski definition) is 3. The van der Waals surface area contributed by atoms with E-state index in [4.69, 9.17) is 5.21 Å². The van der Waals surface area contributed by atoms with Gasteiger partial charge in [0, 0.05) is 12.1 Å². The van der Waals surface area contributed by atoms with E-state index in [2.05, 4.69) is 10.5 Å². The summed E-state index contributed by atoms with van der Waals surface area (Å²) >= 11 is 0. The number of nitrogens with one attached hydrogen (secondary N) is 1. The van der Waals surface area contributed by atoms with E-state index in [0.29, 0.717) is 12.2 Å². The van der Waals surface area contributed by atoms with Gasteiger partial charge in [-0.1, -0.05) is 5.16 Å². The Kier molecular flexibility index (Phi) is 11.1. The number of pyridine rings is 1. The molecule has 1 amide bonds. The number of hydrogen-bond donors (Lipinski definition) is 2. The van der Waals surface area contributed by atoms with Crippen LogP contribution in [0.4, 0.5) is 0 Å². The second-order valence-corrected chi connectivity index (χ2v) is 5.42. The van der Waals surface area contributed by atoms with E-state index in [9.17, 15) is 4.79 Å². The number of aryl methyl sites for hydroxylation is 1. The van der Waals surface area contributed by atoms with Gasteiger partial charge >= 0.3 is 0 Å². The molecule has 0 fully saturated rings. The molecule has 0 spiro atoms. The molecule has 0 radical (unpaired) electrons. The fraction of sp³-hybridized carbons (Fsp3) is 0.462. The predicted molar refractivity (Wildman–Crippen MR) is 71.9 cm³/mol. The van der Waals surface area contributed by atoms with Crippen molar-refractivity contribution in [3.63, 3.8) is 0 Å². The lowest BCUT2D eigenvalue weighted by Crippen LogP contribution is -3.00. The van der Waals surface area contributed by atoms with Crippen molar-refractivity contribution in [1.29, 1.82) is 0 Å². The monoisotopic (exact) mass is 520 g/mol. The fourth-order valence-corrected chi connectivity index (χ4v) is 1.57. The number of aromatic nitrogens is 1. The summed E-state index contributed by atoms with van der Waals surface area (Å²) in [6.07, 6.45) is 1.79. The summed E-state index contributed by atoms with van der Waals surface area (Å²) in [7, 11) is 7.93. The highest BCUT2D eigenvalue weighted by Crippen LogP contribution is 1.95. The third kappa shape index (κ3) is 7.90. The number of quaternary nitrogens is 1. The van der Waals surface area contributed by atoms with E-state index in [0.717, 1.165) is 11.0 Å². The number of oxime groups is 1. The number of rotatable bonds is 5. The Morgan fingerprint density at radius 2 is 1.95 bits per heavy atom. The molecule has 21 heavy (non-hydrogen) atoms. The molecule has 0 aliphatic heterocycles. The highest BCUT2D eigenvalue weighted by atomic mass is 127. The summed E-state index contributed by atoms with van der Waals surface area (Å²) in [5.41, 5.74) is 0.581. The normalized spacial score (nSPS) is 11.1. The van der Waals surface area contributed by atoms with Crippen molar-refractivity contribution in [1.82, 2.24) is 5.32 Å². The minimum atomic E-state index is -0.377. The van der Waals surface area contributed by atoms with E-state index in [-0.39, 0.29) is 59.6 Å². The van der Waals surface area contributed by atoms with Crippen LogP contribution in [0.15, 0.2) is 29.6 Å². The summed E-state index contributed by atoms with van der Waals surface area (Å²) in [5, 5.41) is 14.9. The van der Waals surface area contributed by atoms with Crippen molar-refractivity contribution in [2.24, 2.45) is 12.2 Å². The third-order valence-electron chi connectivity index (χ3n) is 2.68. The molecule has 120 valence electrons. The van der Waals surface area contributed by atoms with Gasteiger partial charge in [-0.25, -0.2) is 0 Å².